The molecule has 0 aliphatic rings. The molecule has 8 amide bonds. The molecule has 0 saturated carbocycles. The molecule has 0 atom stereocenters. The van der Waals surface area contributed by atoms with Gasteiger partial charge in [-0.3, -0.25) is 34.1 Å². The number of carbonyl (C=O) groups excluding carboxylic acids is 8. The number of anilines is 5. The van der Waals surface area contributed by atoms with Gasteiger partial charge in [0.1, 0.15) is 11.4 Å². The van der Waals surface area contributed by atoms with Gasteiger partial charge in [-0.05, 0) is 45.7 Å². The van der Waals surface area contributed by atoms with Crippen molar-refractivity contribution in [1.29, 1.82) is 0 Å². The average Bonchev–Trinajstić information content (AvgIpc) is 1.18. The van der Waals surface area contributed by atoms with Gasteiger partial charge in [0.25, 0.3) is 29.5 Å². The molecular formula is C64H81N18O9P. The normalized spacial score (nSPS) is 11.4. The third-order valence-electron chi connectivity index (χ3n) is 15.0. The van der Waals surface area contributed by atoms with Gasteiger partial charge in [0.05, 0.1) is 24.7 Å². The fourth-order valence-electron chi connectivity index (χ4n) is 10.5. The topological polar surface area (TPSA) is 321 Å². The minimum atomic E-state index is -2.41. The van der Waals surface area contributed by atoms with Gasteiger partial charge in [0, 0.05) is 79.5 Å². The minimum absolute atomic E-state index is 0.0154. The van der Waals surface area contributed by atoms with Gasteiger partial charge >= 0.3 is 202 Å². The van der Waals surface area contributed by atoms with E-state index in [1.54, 1.807) is 46.0 Å². The zero-order valence-corrected chi connectivity index (χ0v) is 53.8. The fraction of sp³-hybridized carbons (Fsp3) is 0.328. The van der Waals surface area contributed by atoms with E-state index in [4.69, 9.17) is 4.74 Å². The minimum Gasteiger partial charge on any atom is -0.344 e. The molecule has 5 aromatic heterocycles. The number of nitrogens with zero attached hydrogens (tertiary/aromatic N) is 9. The number of amides is 8. The smallest absolute Gasteiger partial charge is 0.344 e. The first kappa shape index (κ1) is 67.8. The van der Waals surface area contributed by atoms with Gasteiger partial charge < -0.3 is 64.4 Å². The summed E-state index contributed by atoms with van der Waals surface area (Å²) in [7, 11) is 9.64. The molecule has 92 heavy (non-hydrogen) atoms. The van der Waals surface area contributed by atoms with Crippen LogP contribution in [0.3, 0.4) is 0 Å². The second-order valence-electron chi connectivity index (χ2n) is 22.4. The van der Waals surface area contributed by atoms with E-state index in [-0.39, 0.29) is 84.1 Å². The van der Waals surface area contributed by atoms with Crippen LogP contribution < -0.4 is 63.8 Å². The number of nitrogens with one attached hydrogen (secondary N) is 9. The van der Waals surface area contributed by atoms with Crippen molar-refractivity contribution in [1.82, 2.24) is 64.0 Å². The van der Waals surface area contributed by atoms with Crippen LogP contribution in [0.5, 0.6) is 0 Å². The van der Waals surface area contributed by atoms with Crippen LogP contribution >= 0.6 is 7.26 Å². The number of rotatable bonds is 33. The molecule has 0 radical (unpaired) electrons. The number of ether oxygens (including phenoxy) is 1. The Morgan fingerprint density at radius 3 is 1.38 bits per heavy atom. The summed E-state index contributed by atoms with van der Waals surface area (Å²) in [5, 5.41) is 28.9. The number of carbonyl (C=O) groups is 8. The van der Waals surface area contributed by atoms with Gasteiger partial charge in [-0.25, -0.2) is 9.97 Å². The van der Waals surface area contributed by atoms with Crippen LogP contribution in [0.2, 0.25) is 0 Å². The van der Waals surface area contributed by atoms with E-state index in [0.29, 0.717) is 44.1 Å². The monoisotopic (exact) mass is 1280 g/mol. The van der Waals surface area contributed by atoms with Crippen LogP contribution in [0.4, 0.5) is 28.8 Å². The van der Waals surface area contributed by atoms with Gasteiger partial charge in [0.2, 0.25) is 23.4 Å². The number of unbranched alkanes of at least 4 members (excludes halogenated alkanes) is 1. The quantitative estimate of drug-likeness (QED) is 0.0161. The zero-order valence-electron chi connectivity index (χ0n) is 52.8. The van der Waals surface area contributed by atoms with Crippen LogP contribution in [-0.2, 0) is 54.4 Å². The summed E-state index contributed by atoms with van der Waals surface area (Å²) in [5.41, 5.74) is 1.08. The van der Waals surface area contributed by atoms with E-state index < -0.39 is 42.7 Å². The maximum atomic E-state index is 13.5. The standard InChI is InChI=1S/C64H81N18O9P/c1-77(2)33-19-29-65-43-91-34-32-68-60(86)49-36-44(38-78(49)3)69-63(89)58-74-52(41-82(58)7)72-56(85)28-31-67-62(88)57-75-53(42-80(57)5)76-61(87)50-37-45(39-79(50)4)70-64(90)59-73-51(40-81(59)6)71-55(84)27-30-66-54(83)26-17-18-35-92(46-20-11-8-12-21-46,47-22-13-9-14-23-47)48-24-15-10-16-25-48/h8-16,20-25,36-42,65,92H,17-19,26-35,43H2,1-7H3,(H,66,83)(H,67,88)(H,68,86)(H,69,89)(H,70,90)(H,71,84)(H,72,85)(H,76,87). The van der Waals surface area contributed by atoms with Gasteiger partial charge in [-0.2, -0.15) is 0 Å². The number of imidazole rings is 3. The summed E-state index contributed by atoms with van der Waals surface area (Å²) in [6.07, 6.45) is 11.1. The second-order valence-corrected chi connectivity index (χ2v) is 26.4. The van der Waals surface area contributed by atoms with E-state index >= 15 is 0 Å². The van der Waals surface area contributed by atoms with E-state index in [1.165, 1.54) is 71.1 Å². The van der Waals surface area contributed by atoms with Gasteiger partial charge in [-0.1, -0.05) is 0 Å². The molecule has 0 aliphatic carbocycles. The predicted octanol–water partition coefficient (Wildman–Crippen LogP) is 3.67. The van der Waals surface area contributed by atoms with Crippen molar-refractivity contribution in [2.75, 3.05) is 92.9 Å². The molecule has 0 unspecified atom stereocenters. The van der Waals surface area contributed by atoms with Gasteiger partial charge in [-0.15, -0.1) is 0 Å². The number of benzene rings is 3. The molecule has 0 saturated heterocycles. The molecule has 28 heteroatoms. The molecule has 0 aliphatic heterocycles. The molecule has 0 spiro atoms. The molecule has 8 aromatic rings. The van der Waals surface area contributed by atoms with E-state index in [1.807, 2.05) is 32.3 Å². The van der Waals surface area contributed by atoms with E-state index in [2.05, 4.69) is 140 Å². The molecule has 8 rings (SSSR count). The Bertz CT molecular complexity index is 3760. The van der Waals surface area contributed by atoms with E-state index in [0.717, 1.165) is 32.1 Å². The summed E-state index contributed by atoms with van der Waals surface area (Å²) in [6, 6.07) is 34.9. The third-order valence-corrected chi connectivity index (χ3v) is 20.1. The molecule has 27 nitrogen and oxygen atoms in total. The van der Waals surface area contributed by atoms with Gasteiger partial charge in [0.15, 0.2) is 11.6 Å². The van der Waals surface area contributed by atoms with Crippen LogP contribution in [0.1, 0.15) is 91.4 Å². The van der Waals surface area contributed by atoms with Crippen molar-refractivity contribution < 1.29 is 43.1 Å². The summed E-state index contributed by atoms with van der Waals surface area (Å²) in [4.78, 5) is 120. The number of hydrogen-bond donors (Lipinski definition) is 9. The third kappa shape index (κ3) is 18.5. The van der Waals surface area contributed by atoms with Crippen LogP contribution in [-0.4, -0.2) is 156 Å². The van der Waals surface area contributed by atoms with Crippen LogP contribution in [0.15, 0.2) is 134 Å². The molecular weight excluding hydrogens is 1200 g/mol. The number of hydrogen-bond acceptors (Lipinski definition) is 14. The second kappa shape index (κ2) is 32.6. The summed E-state index contributed by atoms with van der Waals surface area (Å²) in [6.45, 7) is 2.80. The Labute approximate surface area is 533 Å². The van der Waals surface area contributed by atoms with Crippen LogP contribution in [0, 0.1) is 0 Å². The SMILES string of the molecule is CN(C)CCCNCOCCNC(=O)c1cc(NC(=O)c2nc(NC(=O)CCNC(=O)c3nc(NC(=O)c4cc(NC(=O)c5nc(NC(=O)CCNC(=O)CCCC[PH](c6ccccc6)(c6ccccc6)c6ccccc6)cn5C)cn4C)cn3C)cn2C)cn1C. The molecule has 9 N–H and O–H groups in total. The molecule has 0 bridgehead atoms. The fourth-order valence-corrected chi connectivity index (χ4v) is 15.4. The Kier molecular flexibility index (Phi) is 24.0. The molecule has 3 aromatic carbocycles. The summed E-state index contributed by atoms with van der Waals surface area (Å²) < 4.78 is 12.9. The maximum absolute atomic E-state index is 13.5. The van der Waals surface area contributed by atoms with Crippen LogP contribution in [0.25, 0.3) is 0 Å². The Morgan fingerprint density at radius 2 is 0.891 bits per heavy atom. The predicted molar refractivity (Wildman–Crippen MR) is 356 cm³/mol. The van der Waals surface area contributed by atoms with Crippen molar-refractivity contribution in [3.05, 3.63) is 163 Å². The number of aromatic nitrogens is 8. The van der Waals surface area contributed by atoms with Crippen molar-refractivity contribution in [2.45, 2.75) is 38.5 Å². The average molecular weight is 1280 g/mol. The summed E-state index contributed by atoms with van der Waals surface area (Å²) in [5.74, 6) is -3.62. The first-order valence-corrected chi connectivity index (χ1v) is 32.4. The first-order valence-electron chi connectivity index (χ1n) is 30.2. The van der Waals surface area contributed by atoms with Crippen molar-refractivity contribution in [3.63, 3.8) is 0 Å². The first-order chi connectivity index (χ1) is 44.3. The Hall–Kier alpha value is -10.1. The Morgan fingerprint density at radius 1 is 0.446 bits per heavy atom. The molecule has 0 fully saturated rings. The molecule has 486 valence electrons. The zero-order chi connectivity index (χ0) is 65.7. The van der Waals surface area contributed by atoms with Crippen molar-refractivity contribution >= 4 is 99.3 Å². The molecule has 5 heterocycles. The summed E-state index contributed by atoms with van der Waals surface area (Å²) >= 11 is 0. The Balaban J connectivity index is 0.727. The van der Waals surface area contributed by atoms with Crippen molar-refractivity contribution in [3.8, 4) is 0 Å². The van der Waals surface area contributed by atoms with E-state index in [9.17, 15) is 38.4 Å². The van der Waals surface area contributed by atoms with Crippen molar-refractivity contribution in [2.24, 2.45) is 35.2 Å². The number of aryl methyl sites for hydroxylation is 5.